The molecule has 1 aliphatic heterocycles. The highest BCUT2D eigenvalue weighted by atomic mass is 32.2. The molecule has 28 heavy (non-hydrogen) atoms. The number of hydrogen-bond acceptors (Lipinski definition) is 3. The minimum atomic E-state index is -0.922. The van der Waals surface area contributed by atoms with Crippen molar-refractivity contribution in [3.63, 3.8) is 0 Å². The van der Waals surface area contributed by atoms with Gasteiger partial charge in [0.05, 0.1) is 19.0 Å². The van der Waals surface area contributed by atoms with Gasteiger partial charge in [-0.2, -0.15) is 0 Å². The monoisotopic (exact) mass is 408 g/mol. The Morgan fingerprint density at radius 2 is 1.18 bits per heavy atom. The minimum absolute atomic E-state index is 0.492. The highest BCUT2D eigenvalue weighted by molar-refractivity contribution is 7.85. The number of rotatable bonds is 7. The van der Waals surface area contributed by atoms with Crippen LogP contribution in [0.15, 0.2) is 95.9 Å². The maximum absolute atomic E-state index is 12.6. The van der Waals surface area contributed by atoms with Gasteiger partial charge in [0.15, 0.2) is 0 Å². The lowest BCUT2D eigenvalue weighted by molar-refractivity contribution is 0.682. The average Bonchev–Trinajstić information content (AvgIpc) is 3.19. The fraction of sp³-hybridized carbons (Fsp3) is 0.217. The van der Waals surface area contributed by atoms with Crippen molar-refractivity contribution in [3.8, 4) is 0 Å². The van der Waals surface area contributed by atoms with Crippen molar-refractivity contribution in [2.45, 2.75) is 11.3 Å². The summed E-state index contributed by atoms with van der Waals surface area (Å²) in [6.07, 6.45) is 2.01. The third-order valence-corrected chi connectivity index (χ3v) is 9.03. The number of hydrogen-bond donors (Lipinski definition) is 0. The quantitative estimate of drug-likeness (QED) is 0.481. The highest BCUT2D eigenvalue weighted by Gasteiger charge is 2.32. The molecule has 0 aromatic heterocycles. The number of para-hydroxylation sites is 2. The van der Waals surface area contributed by atoms with Crippen molar-refractivity contribution >= 4 is 30.4 Å². The molecule has 3 aromatic carbocycles. The van der Waals surface area contributed by atoms with Crippen LogP contribution in [-0.4, -0.2) is 29.2 Å². The molecule has 1 saturated heterocycles. The molecule has 0 aliphatic carbocycles. The normalized spacial score (nSPS) is 15.7. The molecule has 0 spiro atoms. The molecule has 3 nitrogen and oxygen atoms in total. The molecule has 0 N–H and O–H groups in total. The van der Waals surface area contributed by atoms with Crippen LogP contribution in [0.1, 0.15) is 6.42 Å². The summed E-state index contributed by atoms with van der Waals surface area (Å²) in [5.41, 5.74) is 2.58. The second-order valence-electron chi connectivity index (χ2n) is 6.73. The largest absolute Gasteiger partial charge is 0.332 e. The van der Waals surface area contributed by atoms with Gasteiger partial charge >= 0.3 is 0 Å². The third kappa shape index (κ3) is 4.45. The Labute approximate surface area is 171 Å². The van der Waals surface area contributed by atoms with E-state index in [1.165, 1.54) is 11.4 Å². The Bertz CT molecular complexity index is 845. The van der Waals surface area contributed by atoms with E-state index < -0.39 is 19.0 Å². The zero-order valence-electron chi connectivity index (χ0n) is 15.9. The predicted octanol–water partition coefficient (Wildman–Crippen LogP) is 5.52. The maximum Gasteiger partial charge on any atom is 0.0952 e. The van der Waals surface area contributed by atoms with Gasteiger partial charge in [-0.15, -0.1) is 0 Å². The van der Waals surface area contributed by atoms with Gasteiger partial charge in [-0.25, -0.2) is 0 Å². The van der Waals surface area contributed by atoms with Gasteiger partial charge in [0.2, 0.25) is 0 Å². The summed E-state index contributed by atoms with van der Waals surface area (Å²) in [4.78, 5) is 0.932. The third-order valence-electron chi connectivity index (χ3n) is 4.88. The van der Waals surface area contributed by atoms with Crippen molar-refractivity contribution in [2.75, 3.05) is 34.3 Å². The smallest absolute Gasteiger partial charge is 0.0952 e. The van der Waals surface area contributed by atoms with E-state index >= 15 is 0 Å². The van der Waals surface area contributed by atoms with Crippen LogP contribution in [0, 0.1) is 0 Å². The fourth-order valence-corrected chi connectivity index (χ4v) is 7.49. The van der Waals surface area contributed by atoms with Gasteiger partial charge in [0.25, 0.3) is 0 Å². The van der Waals surface area contributed by atoms with E-state index in [1.54, 1.807) is 0 Å². The highest BCUT2D eigenvalue weighted by Crippen LogP contribution is 2.53. The van der Waals surface area contributed by atoms with Crippen molar-refractivity contribution in [3.05, 3.63) is 91.0 Å². The van der Waals surface area contributed by atoms with E-state index in [0.29, 0.717) is 5.75 Å². The molecule has 5 heteroatoms. The van der Waals surface area contributed by atoms with Crippen LogP contribution in [0.2, 0.25) is 0 Å². The van der Waals surface area contributed by atoms with Gasteiger partial charge in [-0.3, -0.25) is 4.21 Å². The standard InChI is InChI=1S/C23H25N2OPS/c26-28(23-15-8-3-9-16-23)20-10-19-27-24(21-11-4-1-5-12-21)17-18-25(27)22-13-6-2-7-14-22/h1-9,11-16H,10,17-20H2. The molecule has 1 unspecified atom stereocenters. The van der Waals surface area contributed by atoms with E-state index in [1.807, 2.05) is 30.3 Å². The molecule has 1 atom stereocenters. The van der Waals surface area contributed by atoms with E-state index in [2.05, 4.69) is 70.0 Å². The molecule has 0 saturated carbocycles. The summed E-state index contributed by atoms with van der Waals surface area (Å²) in [6, 6.07) is 31.2. The first-order chi connectivity index (χ1) is 13.8. The lowest BCUT2D eigenvalue weighted by Crippen LogP contribution is -2.17. The Morgan fingerprint density at radius 3 is 1.68 bits per heavy atom. The minimum Gasteiger partial charge on any atom is -0.332 e. The maximum atomic E-state index is 12.6. The Balaban J connectivity index is 1.48. The van der Waals surface area contributed by atoms with Gasteiger partial charge in [0.1, 0.15) is 0 Å². The van der Waals surface area contributed by atoms with Crippen molar-refractivity contribution in [1.82, 2.24) is 0 Å². The summed E-state index contributed by atoms with van der Waals surface area (Å²) in [5, 5.41) is 0. The molecule has 0 amide bonds. The first-order valence-electron chi connectivity index (χ1n) is 9.69. The van der Waals surface area contributed by atoms with E-state index in [0.717, 1.165) is 30.6 Å². The fourth-order valence-electron chi connectivity index (χ4n) is 3.54. The second-order valence-corrected chi connectivity index (χ2v) is 10.5. The zero-order valence-corrected chi connectivity index (χ0v) is 17.6. The van der Waals surface area contributed by atoms with Crippen LogP contribution in [0.25, 0.3) is 0 Å². The SMILES string of the molecule is O=S(CCCP1N(c2ccccc2)CCN1c1ccccc1)c1ccccc1. The Morgan fingerprint density at radius 1 is 0.714 bits per heavy atom. The van der Waals surface area contributed by atoms with Gasteiger partial charge in [-0.1, -0.05) is 54.6 Å². The molecule has 1 fully saturated rings. The first kappa shape index (κ1) is 19.2. The average molecular weight is 409 g/mol. The summed E-state index contributed by atoms with van der Waals surface area (Å²) in [6.45, 7) is 2.07. The molecular weight excluding hydrogens is 383 g/mol. The summed E-state index contributed by atoms with van der Waals surface area (Å²) >= 11 is 0. The second kappa shape index (κ2) is 9.36. The van der Waals surface area contributed by atoms with E-state index in [9.17, 15) is 4.21 Å². The van der Waals surface area contributed by atoms with Crippen LogP contribution >= 0.6 is 8.22 Å². The topological polar surface area (TPSA) is 23.6 Å². The van der Waals surface area contributed by atoms with Crippen LogP contribution in [0.5, 0.6) is 0 Å². The molecule has 0 bridgehead atoms. The number of nitrogens with zero attached hydrogens (tertiary/aromatic N) is 2. The van der Waals surface area contributed by atoms with Crippen LogP contribution in [0.4, 0.5) is 11.4 Å². The van der Waals surface area contributed by atoms with Crippen LogP contribution in [0.3, 0.4) is 0 Å². The van der Waals surface area contributed by atoms with Crippen molar-refractivity contribution < 1.29 is 4.21 Å². The Hall–Kier alpha value is -2.16. The lowest BCUT2D eigenvalue weighted by Gasteiger charge is -2.32. The van der Waals surface area contributed by atoms with Crippen LogP contribution < -0.4 is 9.34 Å². The molecule has 1 heterocycles. The van der Waals surface area contributed by atoms with E-state index in [-0.39, 0.29) is 0 Å². The zero-order chi connectivity index (χ0) is 19.2. The first-order valence-corrected chi connectivity index (χ1v) is 12.4. The van der Waals surface area contributed by atoms with Gasteiger partial charge < -0.3 is 9.34 Å². The summed E-state index contributed by atoms with van der Waals surface area (Å²) in [7, 11) is -1.41. The van der Waals surface area contributed by atoms with Crippen molar-refractivity contribution in [1.29, 1.82) is 0 Å². The molecule has 144 valence electrons. The Kier molecular flexibility index (Phi) is 6.41. The predicted molar refractivity (Wildman–Crippen MR) is 122 cm³/mol. The molecule has 3 aromatic rings. The molecule has 1 aliphatic rings. The van der Waals surface area contributed by atoms with Gasteiger partial charge in [0, 0.05) is 41.3 Å². The summed E-state index contributed by atoms with van der Waals surface area (Å²) in [5.74, 6) is 0.716. The number of benzene rings is 3. The molecular formula is C23H25N2OPS. The number of anilines is 2. The van der Waals surface area contributed by atoms with Crippen molar-refractivity contribution in [2.24, 2.45) is 0 Å². The van der Waals surface area contributed by atoms with Gasteiger partial charge in [-0.05, 0) is 42.8 Å². The summed E-state index contributed by atoms with van der Waals surface area (Å²) < 4.78 is 17.7. The van der Waals surface area contributed by atoms with E-state index in [4.69, 9.17) is 0 Å². The molecule has 4 rings (SSSR count). The molecule has 0 radical (unpaired) electrons. The lowest BCUT2D eigenvalue weighted by atomic mass is 10.3. The van der Waals surface area contributed by atoms with Crippen LogP contribution in [-0.2, 0) is 10.8 Å².